The monoisotopic (exact) mass is 235 g/mol. The van der Waals surface area contributed by atoms with E-state index in [0.717, 1.165) is 0 Å². The molecule has 0 saturated carbocycles. The molecule has 0 radical (unpaired) electrons. The Morgan fingerprint density at radius 2 is 2.07 bits per heavy atom. The van der Waals surface area contributed by atoms with Gasteiger partial charge in [-0.25, -0.2) is 0 Å². The second-order valence-electron chi connectivity index (χ2n) is 3.54. The molecule has 0 unspecified atom stereocenters. The van der Waals surface area contributed by atoms with Gasteiger partial charge in [0.2, 0.25) is 0 Å². The van der Waals surface area contributed by atoms with Crippen molar-refractivity contribution in [3.63, 3.8) is 0 Å². The summed E-state index contributed by atoms with van der Waals surface area (Å²) in [6, 6.07) is 1.56. The molecule has 0 aliphatic carbocycles. The minimum absolute atomic E-state index is 0.235. The third-order valence-corrected chi connectivity index (χ3v) is 1.89. The standard InChI is InChI=1S/C8H11Cl2N3O/c1-8(2,14)4-11-5-3-6(9)12-13-7(5)10/h3,14H,4H2,1-2H3,(H,11,12). The molecule has 0 saturated heterocycles. The van der Waals surface area contributed by atoms with E-state index in [2.05, 4.69) is 15.5 Å². The van der Waals surface area contributed by atoms with Crippen molar-refractivity contribution in [3.05, 3.63) is 16.4 Å². The molecular formula is C8H11Cl2N3O. The largest absolute Gasteiger partial charge is 0.389 e. The first-order chi connectivity index (χ1) is 6.38. The lowest BCUT2D eigenvalue weighted by atomic mass is 10.1. The van der Waals surface area contributed by atoms with Gasteiger partial charge in [-0.15, -0.1) is 10.2 Å². The summed E-state index contributed by atoms with van der Waals surface area (Å²) in [5.41, 5.74) is -0.257. The van der Waals surface area contributed by atoms with Gasteiger partial charge < -0.3 is 10.4 Å². The lowest BCUT2D eigenvalue weighted by Crippen LogP contribution is -2.29. The normalized spacial score (nSPS) is 11.5. The van der Waals surface area contributed by atoms with Crippen LogP contribution >= 0.6 is 23.2 Å². The molecule has 6 heteroatoms. The van der Waals surface area contributed by atoms with Crippen LogP contribution in [0.3, 0.4) is 0 Å². The van der Waals surface area contributed by atoms with Crippen molar-refractivity contribution in [2.75, 3.05) is 11.9 Å². The minimum atomic E-state index is -0.820. The van der Waals surface area contributed by atoms with E-state index in [0.29, 0.717) is 12.2 Å². The molecule has 0 aliphatic rings. The lowest BCUT2D eigenvalue weighted by Gasteiger charge is -2.18. The van der Waals surface area contributed by atoms with Gasteiger partial charge in [-0.05, 0) is 13.8 Å². The van der Waals surface area contributed by atoms with Gasteiger partial charge >= 0.3 is 0 Å². The first-order valence-electron chi connectivity index (χ1n) is 4.03. The van der Waals surface area contributed by atoms with Crippen molar-refractivity contribution in [2.45, 2.75) is 19.4 Å². The van der Waals surface area contributed by atoms with Crippen LogP contribution in [0.2, 0.25) is 10.3 Å². The van der Waals surface area contributed by atoms with Crippen molar-refractivity contribution in [1.82, 2.24) is 10.2 Å². The van der Waals surface area contributed by atoms with Crippen molar-refractivity contribution < 1.29 is 5.11 Å². The van der Waals surface area contributed by atoms with Crippen LogP contribution in [0.15, 0.2) is 6.07 Å². The Hall–Kier alpha value is -0.580. The van der Waals surface area contributed by atoms with E-state index in [4.69, 9.17) is 23.2 Å². The molecule has 0 fully saturated rings. The number of aliphatic hydroxyl groups is 1. The first kappa shape index (κ1) is 11.5. The lowest BCUT2D eigenvalue weighted by molar-refractivity contribution is 0.0945. The van der Waals surface area contributed by atoms with Gasteiger partial charge in [0.1, 0.15) is 0 Å². The average Bonchev–Trinajstić information content (AvgIpc) is 2.05. The smallest absolute Gasteiger partial charge is 0.174 e. The molecular weight excluding hydrogens is 225 g/mol. The molecule has 2 N–H and O–H groups in total. The molecule has 14 heavy (non-hydrogen) atoms. The zero-order valence-corrected chi connectivity index (χ0v) is 9.39. The average molecular weight is 236 g/mol. The van der Waals surface area contributed by atoms with Gasteiger partial charge in [-0.3, -0.25) is 0 Å². The third-order valence-electron chi connectivity index (χ3n) is 1.43. The highest BCUT2D eigenvalue weighted by molar-refractivity contribution is 6.33. The highest BCUT2D eigenvalue weighted by Gasteiger charge is 2.13. The Bertz CT molecular complexity index is 325. The first-order valence-corrected chi connectivity index (χ1v) is 4.79. The molecule has 1 aromatic rings. The fraction of sp³-hybridized carbons (Fsp3) is 0.500. The van der Waals surface area contributed by atoms with E-state index >= 15 is 0 Å². The summed E-state index contributed by atoms with van der Waals surface area (Å²) in [7, 11) is 0. The van der Waals surface area contributed by atoms with Crippen LogP contribution in [0.5, 0.6) is 0 Å². The second-order valence-corrected chi connectivity index (χ2v) is 4.28. The Labute approximate surface area is 92.2 Å². The summed E-state index contributed by atoms with van der Waals surface area (Å²) in [5.74, 6) is 0. The Kier molecular flexibility index (Phi) is 3.53. The quantitative estimate of drug-likeness (QED) is 0.842. The van der Waals surface area contributed by atoms with Crippen LogP contribution < -0.4 is 5.32 Å². The van der Waals surface area contributed by atoms with Gasteiger partial charge in [0, 0.05) is 12.6 Å². The highest BCUT2D eigenvalue weighted by atomic mass is 35.5. The summed E-state index contributed by atoms with van der Waals surface area (Å²) < 4.78 is 0. The SMILES string of the molecule is CC(C)(O)CNc1cc(Cl)nnc1Cl. The van der Waals surface area contributed by atoms with Gasteiger partial charge in [-0.1, -0.05) is 23.2 Å². The summed E-state index contributed by atoms with van der Waals surface area (Å²) in [6.07, 6.45) is 0. The summed E-state index contributed by atoms with van der Waals surface area (Å²) in [4.78, 5) is 0. The summed E-state index contributed by atoms with van der Waals surface area (Å²) in [6.45, 7) is 3.73. The maximum atomic E-state index is 9.46. The minimum Gasteiger partial charge on any atom is -0.389 e. The van der Waals surface area contributed by atoms with Gasteiger partial charge in [-0.2, -0.15) is 0 Å². The molecule has 0 atom stereocenters. The molecule has 0 bridgehead atoms. The number of aromatic nitrogens is 2. The van der Waals surface area contributed by atoms with Crippen LogP contribution in [-0.4, -0.2) is 27.4 Å². The fourth-order valence-electron chi connectivity index (χ4n) is 0.789. The van der Waals surface area contributed by atoms with Crippen LogP contribution in [0, 0.1) is 0 Å². The Morgan fingerprint density at radius 1 is 1.43 bits per heavy atom. The van der Waals surface area contributed by atoms with E-state index in [9.17, 15) is 5.11 Å². The van der Waals surface area contributed by atoms with Crippen molar-refractivity contribution in [3.8, 4) is 0 Å². The third kappa shape index (κ3) is 3.65. The van der Waals surface area contributed by atoms with E-state index < -0.39 is 5.60 Å². The number of rotatable bonds is 3. The van der Waals surface area contributed by atoms with Crippen LogP contribution in [0.1, 0.15) is 13.8 Å². The van der Waals surface area contributed by atoms with Crippen molar-refractivity contribution in [2.24, 2.45) is 0 Å². The number of nitrogens with zero attached hydrogens (tertiary/aromatic N) is 2. The predicted octanol–water partition coefficient (Wildman–Crippen LogP) is 1.97. The fourth-order valence-corrected chi connectivity index (χ4v) is 1.09. The molecule has 1 aromatic heterocycles. The molecule has 0 aromatic carbocycles. The molecule has 0 amide bonds. The topological polar surface area (TPSA) is 58.0 Å². The van der Waals surface area contributed by atoms with Gasteiger partial charge in [0.05, 0.1) is 11.3 Å². The number of hydrogen-bond acceptors (Lipinski definition) is 4. The maximum absolute atomic E-state index is 9.46. The Morgan fingerprint density at radius 3 is 2.64 bits per heavy atom. The number of halogens is 2. The molecule has 78 valence electrons. The molecule has 1 rings (SSSR count). The van der Waals surface area contributed by atoms with E-state index in [1.807, 2.05) is 0 Å². The van der Waals surface area contributed by atoms with E-state index in [1.165, 1.54) is 0 Å². The van der Waals surface area contributed by atoms with Crippen LogP contribution in [0.4, 0.5) is 5.69 Å². The summed E-state index contributed by atoms with van der Waals surface area (Å²) in [5, 5.41) is 20.1. The van der Waals surface area contributed by atoms with Crippen molar-refractivity contribution in [1.29, 1.82) is 0 Å². The molecule has 1 heterocycles. The van der Waals surface area contributed by atoms with E-state index in [1.54, 1.807) is 19.9 Å². The second kappa shape index (κ2) is 4.29. The van der Waals surface area contributed by atoms with E-state index in [-0.39, 0.29) is 10.3 Å². The number of hydrogen-bond donors (Lipinski definition) is 2. The highest BCUT2D eigenvalue weighted by Crippen LogP contribution is 2.21. The van der Waals surface area contributed by atoms with Gasteiger partial charge in [0.15, 0.2) is 10.3 Å². The molecule has 4 nitrogen and oxygen atoms in total. The van der Waals surface area contributed by atoms with Crippen LogP contribution in [0.25, 0.3) is 0 Å². The zero-order valence-electron chi connectivity index (χ0n) is 7.88. The Balaban J connectivity index is 2.72. The van der Waals surface area contributed by atoms with Gasteiger partial charge in [0.25, 0.3) is 0 Å². The number of nitrogens with one attached hydrogen (secondary N) is 1. The predicted molar refractivity (Wildman–Crippen MR) is 56.8 cm³/mol. The molecule has 0 spiro atoms. The zero-order chi connectivity index (χ0) is 10.8. The number of anilines is 1. The summed E-state index contributed by atoms with van der Waals surface area (Å²) >= 11 is 11.4. The maximum Gasteiger partial charge on any atom is 0.174 e. The molecule has 0 aliphatic heterocycles. The van der Waals surface area contributed by atoms with Crippen LogP contribution in [-0.2, 0) is 0 Å². The van der Waals surface area contributed by atoms with Crippen molar-refractivity contribution >= 4 is 28.9 Å².